The fourth-order valence-electron chi connectivity index (χ4n) is 2.67. The second-order valence-electron chi connectivity index (χ2n) is 5.93. The van der Waals surface area contributed by atoms with E-state index in [9.17, 15) is 17.6 Å². The van der Waals surface area contributed by atoms with Gasteiger partial charge < -0.3 is 14.5 Å². The molecular weight excluding hydrogens is 349 g/mol. The Balaban J connectivity index is 1.90. The summed E-state index contributed by atoms with van der Waals surface area (Å²) in [6.45, 7) is 2.44. The summed E-state index contributed by atoms with van der Waals surface area (Å²) in [5, 5.41) is 0. The number of carbonyl (C=O) groups is 1. The molecule has 1 fully saturated rings. The van der Waals surface area contributed by atoms with E-state index in [1.807, 2.05) is 0 Å². The van der Waals surface area contributed by atoms with E-state index in [2.05, 4.69) is 4.90 Å². The van der Waals surface area contributed by atoms with Gasteiger partial charge in [-0.3, -0.25) is 4.79 Å². The summed E-state index contributed by atoms with van der Waals surface area (Å²) in [4.78, 5) is 16.1. The minimum atomic E-state index is -3.47. The third kappa shape index (κ3) is 5.65. The minimum absolute atomic E-state index is 0.149. The van der Waals surface area contributed by atoms with Crippen LogP contribution in [0, 0.1) is 5.82 Å². The van der Waals surface area contributed by atoms with Gasteiger partial charge in [0.2, 0.25) is 15.9 Å². The van der Waals surface area contributed by atoms with Crippen molar-refractivity contribution in [3.8, 4) is 0 Å². The zero-order chi connectivity index (χ0) is 18.4. The van der Waals surface area contributed by atoms with Gasteiger partial charge in [-0.25, -0.2) is 12.8 Å². The summed E-state index contributed by atoms with van der Waals surface area (Å²) in [6.07, 6.45) is 1.09. The number of halogens is 1. The van der Waals surface area contributed by atoms with E-state index in [1.165, 1.54) is 19.2 Å². The second kappa shape index (κ2) is 8.59. The molecule has 1 aromatic carbocycles. The van der Waals surface area contributed by atoms with Crippen LogP contribution in [0.2, 0.25) is 0 Å². The fraction of sp³-hybridized carbons (Fsp3) is 0.562. The second-order valence-corrected chi connectivity index (χ2v) is 7.92. The Labute approximate surface area is 148 Å². The Morgan fingerprint density at radius 3 is 2.32 bits per heavy atom. The molecule has 0 aromatic heterocycles. The van der Waals surface area contributed by atoms with Crippen molar-refractivity contribution in [1.29, 1.82) is 0 Å². The highest BCUT2D eigenvalue weighted by Crippen LogP contribution is 2.17. The van der Waals surface area contributed by atoms with E-state index in [-0.39, 0.29) is 31.4 Å². The Bertz CT molecular complexity index is 673. The van der Waals surface area contributed by atoms with E-state index < -0.39 is 10.0 Å². The number of rotatable bonds is 7. The third-order valence-corrected chi connectivity index (χ3v) is 5.40. The molecule has 1 heterocycles. The van der Waals surface area contributed by atoms with Crippen LogP contribution in [0.3, 0.4) is 0 Å². The van der Waals surface area contributed by atoms with Crippen molar-refractivity contribution in [2.75, 3.05) is 64.1 Å². The van der Waals surface area contributed by atoms with Gasteiger partial charge in [-0.15, -0.1) is 0 Å². The van der Waals surface area contributed by atoms with E-state index >= 15 is 0 Å². The summed E-state index contributed by atoms with van der Waals surface area (Å²) in [5.41, 5.74) is 0.909. The van der Waals surface area contributed by atoms with Gasteiger partial charge in [0, 0.05) is 45.5 Å². The number of methoxy groups -OCH3 is 1. The number of piperazine rings is 1. The van der Waals surface area contributed by atoms with E-state index in [1.54, 1.807) is 17.0 Å². The molecule has 1 aliphatic rings. The van der Waals surface area contributed by atoms with Crippen molar-refractivity contribution in [2.45, 2.75) is 0 Å². The van der Waals surface area contributed by atoms with Crippen molar-refractivity contribution in [3.63, 3.8) is 0 Å². The largest absolute Gasteiger partial charge is 0.383 e. The molecule has 0 bridgehead atoms. The molecule has 0 atom stereocenters. The van der Waals surface area contributed by atoms with Gasteiger partial charge in [0.25, 0.3) is 0 Å². The fourth-order valence-corrected chi connectivity index (χ4v) is 3.42. The topological polar surface area (TPSA) is 70.2 Å². The van der Waals surface area contributed by atoms with Crippen LogP contribution >= 0.6 is 0 Å². The molecule has 2 rings (SSSR count). The van der Waals surface area contributed by atoms with Gasteiger partial charge in [-0.1, -0.05) is 0 Å². The van der Waals surface area contributed by atoms with Crippen molar-refractivity contribution in [2.24, 2.45) is 0 Å². The van der Waals surface area contributed by atoms with E-state index in [4.69, 9.17) is 4.74 Å². The van der Waals surface area contributed by atoms with Crippen LogP contribution in [0.4, 0.5) is 10.1 Å². The molecule has 25 heavy (non-hydrogen) atoms. The van der Waals surface area contributed by atoms with Crippen LogP contribution in [-0.4, -0.2) is 82.8 Å². The third-order valence-electron chi connectivity index (χ3n) is 4.15. The Morgan fingerprint density at radius 1 is 1.20 bits per heavy atom. The van der Waals surface area contributed by atoms with Crippen molar-refractivity contribution in [1.82, 2.24) is 9.21 Å². The maximum absolute atomic E-state index is 13.0. The zero-order valence-electron chi connectivity index (χ0n) is 14.5. The summed E-state index contributed by atoms with van der Waals surface area (Å²) in [7, 11) is -1.99. The molecule has 1 aromatic rings. The number of nitrogens with zero attached hydrogens (tertiary/aromatic N) is 3. The lowest BCUT2D eigenvalue weighted by Gasteiger charge is -2.36. The lowest BCUT2D eigenvalue weighted by atomic mass is 10.2. The Morgan fingerprint density at radius 2 is 1.80 bits per heavy atom. The first kappa shape index (κ1) is 19.6. The molecule has 0 saturated carbocycles. The first-order valence-corrected chi connectivity index (χ1v) is 9.88. The summed E-state index contributed by atoms with van der Waals surface area (Å²) in [5.74, 6) is -0.505. The van der Waals surface area contributed by atoms with E-state index in [0.717, 1.165) is 16.2 Å². The van der Waals surface area contributed by atoms with Gasteiger partial charge in [-0.05, 0) is 24.3 Å². The molecule has 7 nitrogen and oxygen atoms in total. The normalized spacial score (nSPS) is 15.7. The van der Waals surface area contributed by atoms with Gasteiger partial charge in [0.15, 0.2) is 0 Å². The molecular formula is C16H24FN3O4S. The van der Waals surface area contributed by atoms with Crippen LogP contribution in [0.25, 0.3) is 0 Å². The van der Waals surface area contributed by atoms with Crippen LogP contribution < -0.4 is 4.90 Å². The number of amides is 1. The van der Waals surface area contributed by atoms with Gasteiger partial charge in [-0.2, -0.15) is 4.31 Å². The van der Waals surface area contributed by atoms with Gasteiger partial charge in [0.1, 0.15) is 5.82 Å². The number of hydrogen-bond donors (Lipinski definition) is 0. The predicted molar refractivity (Wildman–Crippen MR) is 93.5 cm³/mol. The summed E-state index contributed by atoms with van der Waals surface area (Å²) >= 11 is 0. The summed E-state index contributed by atoms with van der Waals surface area (Å²) < 4.78 is 42.6. The molecule has 9 heteroatoms. The maximum Gasteiger partial charge on any atom is 0.238 e. The van der Waals surface area contributed by atoms with Crippen molar-refractivity contribution < 1.29 is 22.3 Å². The SMILES string of the molecule is COCCN(CC(=O)N1CCN(c2ccc(F)cc2)CC1)S(C)(=O)=O. The highest BCUT2D eigenvalue weighted by Gasteiger charge is 2.26. The first-order valence-electron chi connectivity index (χ1n) is 8.03. The lowest BCUT2D eigenvalue weighted by Crippen LogP contribution is -2.52. The van der Waals surface area contributed by atoms with Gasteiger partial charge in [0.05, 0.1) is 19.4 Å². The highest BCUT2D eigenvalue weighted by atomic mass is 32.2. The Kier molecular flexibility index (Phi) is 6.74. The average molecular weight is 373 g/mol. The minimum Gasteiger partial charge on any atom is -0.383 e. The average Bonchev–Trinajstić information content (AvgIpc) is 2.58. The van der Waals surface area contributed by atoms with Gasteiger partial charge >= 0.3 is 0 Å². The van der Waals surface area contributed by atoms with Crippen LogP contribution in [0.1, 0.15) is 0 Å². The first-order chi connectivity index (χ1) is 11.8. The zero-order valence-corrected chi connectivity index (χ0v) is 15.3. The molecule has 0 N–H and O–H groups in total. The van der Waals surface area contributed by atoms with E-state index in [0.29, 0.717) is 26.2 Å². The van der Waals surface area contributed by atoms with Crippen LogP contribution in [0.15, 0.2) is 24.3 Å². The number of benzene rings is 1. The Hall–Kier alpha value is -1.71. The molecule has 1 saturated heterocycles. The number of anilines is 1. The number of sulfonamides is 1. The monoisotopic (exact) mass is 373 g/mol. The maximum atomic E-state index is 13.0. The number of hydrogen-bond acceptors (Lipinski definition) is 5. The molecule has 140 valence electrons. The lowest BCUT2D eigenvalue weighted by molar-refractivity contribution is -0.131. The smallest absolute Gasteiger partial charge is 0.238 e. The molecule has 1 amide bonds. The van der Waals surface area contributed by atoms with Crippen molar-refractivity contribution >= 4 is 21.6 Å². The molecule has 0 radical (unpaired) electrons. The molecule has 1 aliphatic heterocycles. The molecule has 0 unspecified atom stereocenters. The quantitative estimate of drug-likeness (QED) is 0.691. The van der Waals surface area contributed by atoms with Crippen LogP contribution in [-0.2, 0) is 19.6 Å². The standard InChI is InChI=1S/C16H24FN3O4S/c1-24-12-11-20(25(2,22)23)13-16(21)19-9-7-18(8-10-19)15-5-3-14(17)4-6-15/h3-6H,7-13H2,1-2H3. The summed E-state index contributed by atoms with van der Waals surface area (Å²) in [6, 6.07) is 6.24. The molecule has 0 aliphatic carbocycles. The predicted octanol–water partition coefficient (Wildman–Crippen LogP) is 0.382. The molecule has 0 spiro atoms. The van der Waals surface area contributed by atoms with Crippen LogP contribution in [0.5, 0.6) is 0 Å². The number of carbonyl (C=O) groups excluding carboxylic acids is 1. The highest BCUT2D eigenvalue weighted by molar-refractivity contribution is 7.88. The number of ether oxygens (including phenoxy) is 1. The van der Waals surface area contributed by atoms with Crippen molar-refractivity contribution in [3.05, 3.63) is 30.1 Å².